The number of esters is 1. The van der Waals surface area contributed by atoms with Crippen molar-refractivity contribution in [1.82, 2.24) is 0 Å². The van der Waals surface area contributed by atoms with E-state index in [2.05, 4.69) is 0 Å². The van der Waals surface area contributed by atoms with Crippen molar-refractivity contribution in [2.45, 2.75) is 17.1 Å². The van der Waals surface area contributed by atoms with E-state index in [1.807, 2.05) is 0 Å². The molecular formula is C12H12ClNO3S. The lowest BCUT2D eigenvalue weighted by Crippen LogP contribution is -2.43. The summed E-state index contributed by atoms with van der Waals surface area (Å²) < 4.78 is 4.91. The minimum atomic E-state index is -0.830. The van der Waals surface area contributed by atoms with Crippen molar-refractivity contribution in [3.63, 3.8) is 0 Å². The van der Waals surface area contributed by atoms with E-state index in [1.165, 1.54) is 16.7 Å². The molecular weight excluding hydrogens is 274 g/mol. The molecule has 0 aromatic heterocycles. The monoisotopic (exact) mass is 285 g/mol. The highest BCUT2D eigenvalue weighted by Gasteiger charge is 2.37. The highest BCUT2D eigenvalue weighted by Crippen LogP contribution is 2.40. The molecule has 0 fully saturated rings. The Hall–Kier alpha value is -1.20. The molecule has 4 nitrogen and oxygen atoms in total. The quantitative estimate of drug-likeness (QED) is 0.618. The minimum absolute atomic E-state index is 0.264. The average molecular weight is 286 g/mol. The van der Waals surface area contributed by atoms with Gasteiger partial charge in [-0.2, -0.15) is 0 Å². The summed E-state index contributed by atoms with van der Waals surface area (Å²) in [5.41, 5.74) is 0.720. The SMILES string of the molecule is CCOC(=O)C1Sc2ccc(Cl)cc2N(C)C1=O. The third kappa shape index (κ3) is 2.33. The number of anilines is 1. The largest absolute Gasteiger partial charge is 0.465 e. The molecule has 1 aliphatic heterocycles. The fourth-order valence-corrected chi connectivity index (χ4v) is 3.00. The van der Waals surface area contributed by atoms with Crippen LogP contribution in [0.25, 0.3) is 0 Å². The maximum Gasteiger partial charge on any atom is 0.329 e. The summed E-state index contributed by atoms with van der Waals surface area (Å²) in [5.74, 6) is -0.784. The first kappa shape index (κ1) is 13.2. The molecule has 1 unspecified atom stereocenters. The second kappa shape index (κ2) is 5.20. The normalized spacial score (nSPS) is 18.5. The van der Waals surface area contributed by atoms with E-state index in [1.54, 1.807) is 32.2 Å². The molecule has 1 aliphatic rings. The summed E-state index contributed by atoms with van der Waals surface area (Å²) in [6.07, 6.45) is 0. The van der Waals surface area contributed by atoms with Crippen LogP contribution in [0.15, 0.2) is 23.1 Å². The smallest absolute Gasteiger partial charge is 0.329 e. The van der Waals surface area contributed by atoms with Gasteiger partial charge in [-0.15, -0.1) is 0 Å². The Balaban J connectivity index is 2.34. The first-order valence-corrected chi connectivity index (χ1v) is 6.70. The number of carbonyl (C=O) groups excluding carboxylic acids is 2. The van der Waals surface area contributed by atoms with Gasteiger partial charge in [0.05, 0.1) is 12.3 Å². The zero-order chi connectivity index (χ0) is 13.3. The number of carbonyl (C=O) groups is 2. The van der Waals surface area contributed by atoms with Crippen molar-refractivity contribution < 1.29 is 14.3 Å². The van der Waals surface area contributed by atoms with Crippen LogP contribution in [0, 0.1) is 0 Å². The Morgan fingerprint density at radius 3 is 2.94 bits per heavy atom. The topological polar surface area (TPSA) is 46.6 Å². The number of benzene rings is 1. The van der Waals surface area contributed by atoms with Gasteiger partial charge in [-0.05, 0) is 25.1 Å². The molecule has 0 spiro atoms. The summed E-state index contributed by atoms with van der Waals surface area (Å²) in [6, 6.07) is 5.25. The zero-order valence-electron chi connectivity index (χ0n) is 9.97. The van der Waals surface area contributed by atoms with E-state index in [0.717, 1.165) is 10.6 Å². The van der Waals surface area contributed by atoms with Crippen LogP contribution in [0.3, 0.4) is 0 Å². The molecule has 96 valence electrons. The molecule has 0 aliphatic carbocycles. The highest BCUT2D eigenvalue weighted by atomic mass is 35.5. The molecule has 0 bridgehead atoms. The Labute approximate surface area is 114 Å². The van der Waals surface area contributed by atoms with Gasteiger partial charge in [0.2, 0.25) is 0 Å². The first-order chi connectivity index (χ1) is 8.54. The highest BCUT2D eigenvalue weighted by molar-refractivity contribution is 8.01. The van der Waals surface area contributed by atoms with E-state index in [9.17, 15) is 9.59 Å². The molecule has 1 amide bonds. The summed E-state index contributed by atoms with van der Waals surface area (Å²) in [4.78, 5) is 26.1. The number of ether oxygens (including phenoxy) is 1. The van der Waals surface area contributed by atoms with Gasteiger partial charge < -0.3 is 9.64 Å². The zero-order valence-corrected chi connectivity index (χ0v) is 11.5. The van der Waals surface area contributed by atoms with Crippen molar-refractivity contribution in [3.8, 4) is 0 Å². The van der Waals surface area contributed by atoms with Gasteiger partial charge in [0.15, 0.2) is 5.25 Å². The predicted molar refractivity (Wildman–Crippen MR) is 71.1 cm³/mol. The number of thioether (sulfide) groups is 1. The first-order valence-electron chi connectivity index (χ1n) is 5.45. The van der Waals surface area contributed by atoms with Gasteiger partial charge in [0.25, 0.3) is 5.91 Å². The van der Waals surface area contributed by atoms with E-state index in [0.29, 0.717) is 5.02 Å². The van der Waals surface area contributed by atoms with Crippen molar-refractivity contribution in [3.05, 3.63) is 23.2 Å². The van der Waals surface area contributed by atoms with Crippen molar-refractivity contribution in [1.29, 1.82) is 0 Å². The number of hydrogen-bond donors (Lipinski definition) is 0. The number of hydrogen-bond acceptors (Lipinski definition) is 4. The second-order valence-corrected chi connectivity index (χ2v) is 5.34. The van der Waals surface area contributed by atoms with Crippen LogP contribution in [0.1, 0.15) is 6.92 Å². The maximum absolute atomic E-state index is 12.1. The molecule has 2 rings (SSSR count). The Bertz CT molecular complexity index is 506. The van der Waals surface area contributed by atoms with Gasteiger partial charge in [-0.25, -0.2) is 0 Å². The van der Waals surface area contributed by atoms with Gasteiger partial charge in [-0.3, -0.25) is 9.59 Å². The van der Waals surface area contributed by atoms with E-state index < -0.39 is 11.2 Å². The number of rotatable bonds is 2. The fourth-order valence-electron chi connectivity index (χ4n) is 1.69. The minimum Gasteiger partial charge on any atom is -0.465 e. The molecule has 0 saturated carbocycles. The molecule has 0 radical (unpaired) electrons. The van der Waals surface area contributed by atoms with Crippen LogP contribution in [0.5, 0.6) is 0 Å². The lowest BCUT2D eigenvalue weighted by Gasteiger charge is -2.29. The Morgan fingerprint density at radius 2 is 2.28 bits per heavy atom. The summed E-state index contributed by atoms with van der Waals surface area (Å²) in [7, 11) is 1.63. The molecule has 1 aromatic rings. The lowest BCUT2D eigenvalue weighted by molar-refractivity contribution is -0.144. The van der Waals surface area contributed by atoms with Crippen LogP contribution >= 0.6 is 23.4 Å². The third-order valence-corrected chi connectivity index (χ3v) is 4.05. The standard InChI is InChI=1S/C12H12ClNO3S/c1-3-17-12(16)10-11(15)14(2)8-6-7(13)4-5-9(8)18-10/h4-6,10H,3H2,1-2H3. The van der Waals surface area contributed by atoms with E-state index >= 15 is 0 Å². The average Bonchev–Trinajstić information content (AvgIpc) is 2.34. The van der Waals surface area contributed by atoms with E-state index in [-0.39, 0.29) is 12.5 Å². The molecule has 0 saturated heterocycles. The third-order valence-electron chi connectivity index (χ3n) is 2.58. The predicted octanol–water partition coefficient (Wildman–Crippen LogP) is 2.34. The van der Waals surface area contributed by atoms with Crippen molar-refractivity contribution >= 4 is 40.9 Å². The molecule has 6 heteroatoms. The molecule has 18 heavy (non-hydrogen) atoms. The van der Waals surface area contributed by atoms with Crippen molar-refractivity contribution in [2.75, 3.05) is 18.6 Å². The lowest BCUT2D eigenvalue weighted by atomic mass is 10.2. The number of halogens is 1. The fraction of sp³-hybridized carbons (Fsp3) is 0.333. The summed E-state index contributed by atoms with van der Waals surface area (Å²) in [5, 5.41) is -0.271. The molecule has 1 atom stereocenters. The molecule has 1 heterocycles. The molecule has 0 N–H and O–H groups in total. The van der Waals surface area contributed by atoms with E-state index in [4.69, 9.17) is 16.3 Å². The number of fused-ring (bicyclic) bond motifs is 1. The van der Waals surface area contributed by atoms with Crippen LogP contribution in [-0.4, -0.2) is 30.8 Å². The number of amides is 1. The summed E-state index contributed by atoms with van der Waals surface area (Å²) in [6.45, 7) is 1.98. The Kier molecular flexibility index (Phi) is 3.82. The van der Waals surface area contributed by atoms with Crippen molar-refractivity contribution in [2.24, 2.45) is 0 Å². The van der Waals surface area contributed by atoms with Crippen LogP contribution in [0.2, 0.25) is 5.02 Å². The van der Waals surface area contributed by atoms with Crippen LogP contribution in [-0.2, 0) is 14.3 Å². The molecule has 1 aromatic carbocycles. The van der Waals surface area contributed by atoms with Gasteiger partial charge in [0.1, 0.15) is 0 Å². The van der Waals surface area contributed by atoms with Crippen LogP contribution in [0.4, 0.5) is 5.69 Å². The van der Waals surface area contributed by atoms with Crippen LogP contribution < -0.4 is 4.90 Å². The van der Waals surface area contributed by atoms with Gasteiger partial charge in [0, 0.05) is 17.0 Å². The maximum atomic E-state index is 12.1. The van der Waals surface area contributed by atoms with Gasteiger partial charge >= 0.3 is 5.97 Å². The van der Waals surface area contributed by atoms with Gasteiger partial charge in [-0.1, -0.05) is 23.4 Å². The Morgan fingerprint density at radius 1 is 1.56 bits per heavy atom. The second-order valence-electron chi connectivity index (χ2n) is 3.76. The number of nitrogens with zero attached hydrogens (tertiary/aromatic N) is 1. The summed E-state index contributed by atoms with van der Waals surface area (Å²) >= 11 is 7.10.